The van der Waals surface area contributed by atoms with E-state index in [9.17, 15) is 14.0 Å². The first-order chi connectivity index (χ1) is 7.65. The standard InChI is InChI=1S/C11H14FNO3/c1-2-5-16-11(15)13-7-3-4-8(13)10(12)9(14)6-7/h2,7-8,10H,1,3-6H2/t7-,8+,10+/m1/s1. The van der Waals surface area contributed by atoms with Gasteiger partial charge in [0.2, 0.25) is 0 Å². The van der Waals surface area contributed by atoms with Crippen molar-refractivity contribution < 1.29 is 18.7 Å². The summed E-state index contributed by atoms with van der Waals surface area (Å²) in [5.41, 5.74) is 0. The Morgan fingerprint density at radius 2 is 2.38 bits per heavy atom. The van der Waals surface area contributed by atoms with Crippen LogP contribution in [-0.2, 0) is 9.53 Å². The Hall–Kier alpha value is -1.39. The van der Waals surface area contributed by atoms with Crippen LogP contribution in [0.4, 0.5) is 9.18 Å². The number of fused-ring (bicyclic) bond motifs is 2. The summed E-state index contributed by atoms with van der Waals surface area (Å²) in [5, 5.41) is 0. The number of Topliss-reactive ketones (excluding diaryl/α,β-unsaturated/α-hetero) is 1. The zero-order chi connectivity index (χ0) is 11.7. The molecule has 0 aromatic rings. The minimum Gasteiger partial charge on any atom is -0.445 e. The van der Waals surface area contributed by atoms with E-state index >= 15 is 0 Å². The maximum absolute atomic E-state index is 13.6. The van der Waals surface area contributed by atoms with E-state index in [0.717, 1.165) is 0 Å². The third-order valence-electron chi connectivity index (χ3n) is 3.16. The molecule has 2 saturated heterocycles. The van der Waals surface area contributed by atoms with E-state index in [-0.39, 0.29) is 24.9 Å². The predicted octanol–water partition coefficient (Wildman–Crippen LogP) is 1.45. The van der Waals surface area contributed by atoms with E-state index in [2.05, 4.69) is 6.58 Å². The zero-order valence-corrected chi connectivity index (χ0v) is 8.89. The molecule has 5 heteroatoms. The van der Waals surface area contributed by atoms with Crippen LogP contribution in [0.2, 0.25) is 0 Å². The van der Waals surface area contributed by atoms with Gasteiger partial charge in [0, 0.05) is 12.5 Å². The summed E-state index contributed by atoms with van der Waals surface area (Å²) in [6.07, 6.45) is 0.710. The van der Waals surface area contributed by atoms with Gasteiger partial charge in [-0.3, -0.25) is 9.69 Å². The monoisotopic (exact) mass is 227 g/mol. The highest BCUT2D eigenvalue weighted by Crippen LogP contribution is 2.35. The fourth-order valence-corrected chi connectivity index (χ4v) is 2.45. The first kappa shape index (κ1) is 11.1. The van der Waals surface area contributed by atoms with E-state index in [4.69, 9.17) is 4.74 Å². The summed E-state index contributed by atoms with van der Waals surface area (Å²) in [6.45, 7) is 3.55. The van der Waals surface area contributed by atoms with Crippen molar-refractivity contribution in [2.45, 2.75) is 37.5 Å². The molecule has 0 N–H and O–H groups in total. The Morgan fingerprint density at radius 3 is 3.06 bits per heavy atom. The third kappa shape index (κ3) is 1.70. The van der Waals surface area contributed by atoms with Gasteiger partial charge < -0.3 is 4.74 Å². The largest absolute Gasteiger partial charge is 0.445 e. The minimum atomic E-state index is -1.55. The molecule has 2 heterocycles. The first-order valence-corrected chi connectivity index (χ1v) is 5.38. The second-order valence-electron chi connectivity index (χ2n) is 4.14. The molecule has 2 fully saturated rings. The quantitative estimate of drug-likeness (QED) is 0.671. The fourth-order valence-electron chi connectivity index (χ4n) is 2.45. The van der Waals surface area contributed by atoms with Gasteiger partial charge in [-0.1, -0.05) is 12.7 Å². The Bertz CT molecular complexity index is 331. The zero-order valence-electron chi connectivity index (χ0n) is 8.89. The number of carbonyl (C=O) groups is 2. The number of ketones is 1. The second-order valence-corrected chi connectivity index (χ2v) is 4.14. The fraction of sp³-hybridized carbons (Fsp3) is 0.636. The Morgan fingerprint density at radius 1 is 1.62 bits per heavy atom. The highest BCUT2D eigenvalue weighted by molar-refractivity contribution is 5.87. The lowest BCUT2D eigenvalue weighted by Crippen LogP contribution is -2.53. The Balaban J connectivity index is 2.08. The molecule has 2 bridgehead atoms. The van der Waals surface area contributed by atoms with Crippen LogP contribution in [-0.4, -0.2) is 41.6 Å². The third-order valence-corrected chi connectivity index (χ3v) is 3.16. The van der Waals surface area contributed by atoms with Gasteiger partial charge in [0.1, 0.15) is 6.61 Å². The normalized spacial score (nSPS) is 32.7. The van der Waals surface area contributed by atoms with Crippen molar-refractivity contribution in [1.82, 2.24) is 4.90 Å². The summed E-state index contributed by atoms with van der Waals surface area (Å²) in [5.74, 6) is -0.389. The van der Waals surface area contributed by atoms with Crippen LogP contribution in [0.5, 0.6) is 0 Å². The van der Waals surface area contributed by atoms with E-state index in [1.54, 1.807) is 0 Å². The number of piperidine rings is 1. The SMILES string of the molecule is C=CCOC(=O)N1[C@@H]2CC[C@H]1[C@H](F)C(=O)C2. The number of nitrogens with zero attached hydrogens (tertiary/aromatic N) is 1. The summed E-state index contributed by atoms with van der Waals surface area (Å²) >= 11 is 0. The molecule has 0 radical (unpaired) electrons. The van der Waals surface area contributed by atoms with Crippen LogP contribution in [0.1, 0.15) is 19.3 Å². The van der Waals surface area contributed by atoms with E-state index in [0.29, 0.717) is 12.8 Å². The molecule has 16 heavy (non-hydrogen) atoms. The van der Waals surface area contributed by atoms with Crippen molar-refractivity contribution in [3.63, 3.8) is 0 Å². The number of hydrogen-bond donors (Lipinski definition) is 0. The van der Waals surface area contributed by atoms with Gasteiger partial charge in [-0.2, -0.15) is 0 Å². The van der Waals surface area contributed by atoms with Gasteiger partial charge in [-0.25, -0.2) is 9.18 Å². The molecule has 0 spiro atoms. The molecule has 0 aliphatic carbocycles. The molecule has 0 aromatic heterocycles. The average molecular weight is 227 g/mol. The minimum absolute atomic E-state index is 0.111. The van der Waals surface area contributed by atoms with Crippen molar-refractivity contribution in [2.24, 2.45) is 0 Å². The number of carbonyl (C=O) groups excluding carboxylic acids is 2. The lowest BCUT2D eigenvalue weighted by atomic mass is 10.0. The van der Waals surface area contributed by atoms with Gasteiger partial charge in [-0.05, 0) is 12.8 Å². The van der Waals surface area contributed by atoms with Crippen LogP contribution in [0, 0.1) is 0 Å². The molecule has 3 atom stereocenters. The van der Waals surface area contributed by atoms with Crippen molar-refractivity contribution in [2.75, 3.05) is 6.61 Å². The van der Waals surface area contributed by atoms with Gasteiger partial charge in [0.05, 0.1) is 6.04 Å². The van der Waals surface area contributed by atoms with E-state index in [1.165, 1.54) is 11.0 Å². The lowest BCUT2D eigenvalue weighted by molar-refractivity contribution is -0.129. The molecular weight excluding hydrogens is 213 g/mol. The number of amides is 1. The van der Waals surface area contributed by atoms with Gasteiger partial charge in [0.15, 0.2) is 12.0 Å². The summed E-state index contributed by atoms with van der Waals surface area (Å²) in [6, 6.07) is -0.801. The summed E-state index contributed by atoms with van der Waals surface area (Å²) in [7, 11) is 0. The van der Waals surface area contributed by atoms with Gasteiger partial charge in [-0.15, -0.1) is 0 Å². The molecule has 2 aliphatic heterocycles. The maximum atomic E-state index is 13.6. The lowest BCUT2D eigenvalue weighted by Gasteiger charge is -2.34. The van der Waals surface area contributed by atoms with Crippen molar-refractivity contribution in [1.29, 1.82) is 0 Å². The van der Waals surface area contributed by atoms with Crippen molar-refractivity contribution in [3.05, 3.63) is 12.7 Å². The summed E-state index contributed by atoms with van der Waals surface area (Å²) < 4.78 is 18.5. The average Bonchev–Trinajstić information content (AvgIpc) is 2.62. The number of hydrogen-bond acceptors (Lipinski definition) is 3. The number of alkyl halides is 1. The highest BCUT2D eigenvalue weighted by atomic mass is 19.1. The molecule has 2 rings (SSSR count). The number of halogens is 1. The Labute approximate surface area is 93.0 Å². The van der Waals surface area contributed by atoms with Crippen LogP contribution < -0.4 is 0 Å². The number of rotatable bonds is 2. The second kappa shape index (κ2) is 4.23. The highest BCUT2D eigenvalue weighted by Gasteiger charge is 2.49. The molecule has 4 nitrogen and oxygen atoms in total. The number of ether oxygens (including phenoxy) is 1. The van der Waals surface area contributed by atoms with Crippen molar-refractivity contribution >= 4 is 11.9 Å². The molecule has 2 aliphatic rings. The molecule has 0 saturated carbocycles. The molecule has 0 unspecified atom stereocenters. The Kier molecular flexibility index (Phi) is 2.94. The molecule has 0 aromatic carbocycles. The van der Waals surface area contributed by atoms with Crippen LogP contribution in [0.25, 0.3) is 0 Å². The topological polar surface area (TPSA) is 46.6 Å². The maximum Gasteiger partial charge on any atom is 0.410 e. The molecule has 88 valence electrons. The van der Waals surface area contributed by atoms with Crippen molar-refractivity contribution in [3.8, 4) is 0 Å². The van der Waals surface area contributed by atoms with Crippen LogP contribution in [0.3, 0.4) is 0 Å². The first-order valence-electron chi connectivity index (χ1n) is 5.38. The van der Waals surface area contributed by atoms with E-state index < -0.39 is 18.3 Å². The predicted molar refractivity (Wildman–Crippen MR) is 54.7 cm³/mol. The van der Waals surface area contributed by atoms with Crippen LogP contribution >= 0.6 is 0 Å². The van der Waals surface area contributed by atoms with Gasteiger partial charge >= 0.3 is 6.09 Å². The molecule has 1 amide bonds. The van der Waals surface area contributed by atoms with Gasteiger partial charge in [0.25, 0.3) is 0 Å². The summed E-state index contributed by atoms with van der Waals surface area (Å²) in [4.78, 5) is 24.3. The van der Waals surface area contributed by atoms with E-state index in [1.807, 2.05) is 0 Å². The smallest absolute Gasteiger partial charge is 0.410 e. The molecular formula is C11H14FNO3. The van der Waals surface area contributed by atoms with Crippen LogP contribution in [0.15, 0.2) is 12.7 Å².